The van der Waals surface area contributed by atoms with Gasteiger partial charge in [-0.2, -0.15) is 0 Å². The lowest BCUT2D eigenvalue weighted by molar-refractivity contribution is -0.384. The molecule has 1 fully saturated rings. The number of hydrazine groups is 1. The van der Waals surface area contributed by atoms with Crippen LogP contribution in [0.25, 0.3) is 0 Å². The molecule has 1 heterocycles. The van der Waals surface area contributed by atoms with E-state index in [0.717, 1.165) is 44.3 Å². The highest BCUT2D eigenvalue weighted by atomic mass is 35.5. The second kappa shape index (κ2) is 10.4. The van der Waals surface area contributed by atoms with Crippen LogP contribution in [0.15, 0.2) is 36.4 Å². The summed E-state index contributed by atoms with van der Waals surface area (Å²) in [5.74, 6) is -0.530. The molecule has 0 bridgehead atoms. The fourth-order valence-corrected chi connectivity index (χ4v) is 3.79. The molecule has 1 amide bonds. The van der Waals surface area contributed by atoms with E-state index >= 15 is 0 Å². The van der Waals surface area contributed by atoms with Gasteiger partial charge in [-0.3, -0.25) is 25.8 Å². The van der Waals surface area contributed by atoms with Gasteiger partial charge < -0.3 is 10.2 Å². The van der Waals surface area contributed by atoms with Gasteiger partial charge in [-0.1, -0.05) is 30.5 Å². The van der Waals surface area contributed by atoms with Crippen molar-refractivity contribution >= 4 is 51.9 Å². The topological polar surface area (TPSA) is 99.5 Å². The standard InChI is InChI=1S/C21H24ClN5O3S/c1-14-6-8-16(22)13-17(14)23-21(31)25-24-20(28)15-7-9-18(19(12-15)27(29)30)26-10-4-2-3-5-11-26/h6-9,12-13H,2-5,10-11H2,1H3,(H,24,28)(H2,23,25,31). The number of halogens is 1. The van der Waals surface area contributed by atoms with E-state index in [2.05, 4.69) is 16.2 Å². The van der Waals surface area contributed by atoms with Gasteiger partial charge in [0.1, 0.15) is 5.69 Å². The van der Waals surface area contributed by atoms with Gasteiger partial charge in [-0.15, -0.1) is 0 Å². The third kappa shape index (κ3) is 6.05. The normalized spacial score (nSPS) is 13.8. The summed E-state index contributed by atoms with van der Waals surface area (Å²) in [6.07, 6.45) is 4.25. The molecule has 0 unspecified atom stereocenters. The van der Waals surface area contributed by atoms with E-state index in [0.29, 0.717) is 16.4 Å². The summed E-state index contributed by atoms with van der Waals surface area (Å²) in [7, 11) is 0. The molecule has 1 aliphatic rings. The summed E-state index contributed by atoms with van der Waals surface area (Å²) >= 11 is 11.2. The zero-order chi connectivity index (χ0) is 22.4. The van der Waals surface area contributed by atoms with Gasteiger partial charge in [0.25, 0.3) is 11.6 Å². The zero-order valence-electron chi connectivity index (χ0n) is 17.1. The van der Waals surface area contributed by atoms with Crippen LogP contribution in [0, 0.1) is 17.0 Å². The Morgan fingerprint density at radius 1 is 1.10 bits per heavy atom. The number of carbonyl (C=O) groups is 1. The predicted molar refractivity (Wildman–Crippen MR) is 127 cm³/mol. The Balaban J connectivity index is 1.67. The van der Waals surface area contributed by atoms with Crippen molar-refractivity contribution in [2.45, 2.75) is 32.6 Å². The second-order valence-corrected chi connectivity index (χ2v) is 8.20. The highest BCUT2D eigenvalue weighted by Gasteiger charge is 2.22. The van der Waals surface area contributed by atoms with Gasteiger partial charge in [0.05, 0.1) is 4.92 Å². The number of benzene rings is 2. The van der Waals surface area contributed by atoms with Crippen LogP contribution in [0.2, 0.25) is 5.02 Å². The molecule has 8 nitrogen and oxygen atoms in total. The minimum absolute atomic E-state index is 0.0789. The summed E-state index contributed by atoms with van der Waals surface area (Å²) in [6.45, 7) is 3.44. The number of nitrogens with one attached hydrogen (secondary N) is 3. The molecule has 164 valence electrons. The van der Waals surface area contributed by atoms with Crippen molar-refractivity contribution in [1.82, 2.24) is 10.9 Å². The first-order valence-corrected chi connectivity index (χ1v) is 10.8. The molecule has 31 heavy (non-hydrogen) atoms. The number of nitro benzene ring substituents is 1. The second-order valence-electron chi connectivity index (χ2n) is 7.35. The fraction of sp³-hybridized carbons (Fsp3) is 0.333. The quantitative estimate of drug-likeness (QED) is 0.348. The maximum absolute atomic E-state index is 12.5. The molecule has 1 saturated heterocycles. The minimum Gasteiger partial charge on any atom is -0.366 e. The third-order valence-electron chi connectivity index (χ3n) is 5.12. The van der Waals surface area contributed by atoms with Crippen molar-refractivity contribution in [2.75, 3.05) is 23.3 Å². The van der Waals surface area contributed by atoms with Gasteiger partial charge in [-0.25, -0.2) is 0 Å². The first-order valence-electron chi connectivity index (χ1n) is 10.0. The van der Waals surface area contributed by atoms with Gasteiger partial charge in [0.2, 0.25) is 0 Å². The average molecular weight is 462 g/mol. The molecule has 0 atom stereocenters. The number of nitro groups is 1. The molecule has 2 aromatic carbocycles. The molecule has 3 N–H and O–H groups in total. The number of carbonyl (C=O) groups excluding carboxylic acids is 1. The molecular formula is C21H24ClN5O3S. The maximum Gasteiger partial charge on any atom is 0.293 e. The van der Waals surface area contributed by atoms with Crippen LogP contribution in [0.1, 0.15) is 41.6 Å². The molecule has 0 aromatic heterocycles. The van der Waals surface area contributed by atoms with E-state index in [4.69, 9.17) is 23.8 Å². The Kier molecular flexibility index (Phi) is 7.64. The number of rotatable bonds is 4. The van der Waals surface area contributed by atoms with E-state index < -0.39 is 10.8 Å². The highest BCUT2D eigenvalue weighted by Crippen LogP contribution is 2.31. The Bertz CT molecular complexity index is 993. The summed E-state index contributed by atoms with van der Waals surface area (Å²) < 4.78 is 0. The van der Waals surface area contributed by atoms with Crippen LogP contribution in [0.4, 0.5) is 17.1 Å². The maximum atomic E-state index is 12.5. The van der Waals surface area contributed by atoms with Gasteiger partial charge in [-0.05, 0) is 61.8 Å². The first-order chi connectivity index (χ1) is 14.8. The summed E-state index contributed by atoms with van der Waals surface area (Å²) in [6, 6.07) is 9.86. The van der Waals surface area contributed by atoms with E-state index in [-0.39, 0.29) is 16.4 Å². The summed E-state index contributed by atoms with van der Waals surface area (Å²) in [5.41, 5.74) is 7.34. The number of anilines is 2. The van der Waals surface area contributed by atoms with Gasteiger partial charge in [0.15, 0.2) is 5.11 Å². The van der Waals surface area contributed by atoms with Crippen molar-refractivity contribution < 1.29 is 9.72 Å². The van der Waals surface area contributed by atoms with E-state index in [1.165, 1.54) is 6.07 Å². The molecule has 0 radical (unpaired) electrons. The lowest BCUT2D eigenvalue weighted by atomic mass is 10.1. The van der Waals surface area contributed by atoms with E-state index in [9.17, 15) is 14.9 Å². The minimum atomic E-state index is -0.530. The van der Waals surface area contributed by atoms with Crippen molar-refractivity contribution in [3.8, 4) is 0 Å². The van der Waals surface area contributed by atoms with E-state index in [1.807, 2.05) is 17.9 Å². The zero-order valence-corrected chi connectivity index (χ0v) is 18.7. The SMILES string of the molecule is Cc1ccc(Cl)cc1NC(=S)NNC(=O)c1ccc(N2CCCCCC2)c([N+](=O)[O-])c1. The third-order valence-corrected chi connectivity index (χ3v) is 5.56. The molecular weight excluding hydrogens is 438 g/mol. The largest absolute Gasteiger partial charge is 0.366 e. The van der Waals surface area contributed by atoms with Crippen molar-refractivity contribution in [3.05, 3.63) is 62.7 Å². The number of aryl methyl sites for hydroxylation is 1. The Morgan fingerprint density at radius 3 is 2.48 bits per heavy atom. The molecule has 0 aliphatic carbocycles. The lowest BCUT2D eigenvalue weighted by Gasteiger charge is -2.22. The fourth-order valence-electron chi connectivity index (χ4n) is 3.46. The number of hydrogen-bond acceptors (Lipinski definition) is 5. The van der Waals surface area contributed by atoms with Crippen LogP contribution >= 0.6 is 23.8 Å². The monoisotopic (exact) mass is 461 g/mol. The number of nitrogens with zero attached hydrogens (tertiary/aromatic N) is 2. The van der Waals surface area contributed by atoms with Crippen LogP contribution in [-0.4, -0.2) is 29.0 Å². The summed E-state index contributed by atoms with van der Waals surface area (Å²) in [4.78, 5) is 25.7. The van der Waals surface area contributed by atoms with Crippen molar-refractivity contribution in [3.63, 3.8) is 0 Å². The van der Waals surface area contributed by atoms with Crippen molar-refractivity contribution in [2.24, 2.45) is 0 Å². The Labute approximate surface area is 191 Å². The van der Waals surface area contributed by atoms with Crippen molar-refractivity contribution in [1.29, 1.82) is 0 Å². The van der Waals surface area contributed by atoms with Crippen LogP contribution in [0.5, 0.6) is 0 Å². The number of hydrogen-bond donors (Lipinski definition) is 3. The van der Waals surface area contributed by atoms with Gasteiger partial charge in [0, 0.05) is 35.4 Å². The van der Waals surface area contributed by atoms with Crippen LogP contribution in [-0.2, 0) is 0 Å². The molecule has 0 saturated carbocycles. The van der Waals surface area contributed by atoms with Crippen LogP contribution in [0.3, 0.4) is 0 Å². The number of thiocarbonyl (C=S) groups is 1. The predicted octanol–water partition coefficient (Wildman–Crippen LogP) is 4.57. The highest BCUT2D eigenvalue weighted by molar-refractivity contribution is 7.80. The molecule has 2 aromatic rings. The summed E-state index contributed by atoms with van der Waals surface area (Å²) in [5, 5.41) is 15.3. The average Bonchev–Trinajstić information content (AvgIpc) is 3.03. The Morgan fingerprint density at radius 2 is 1.81 bits per heavy atom. The first kappa shape index (κ1) is 22.8. The molecule has 1 aliphatic heterocycles. The molecule has 0 spiro atoms. The van der Waals surface area contributed by atoms with Crippen LogP contribution < -0.4 is 21.1 Å². The van der Waals surface area contributed by atoms with E-state index in [1.54, 1.807) is 24.3 Å². The lowest BCUT2D eigenvalue weighted by Crippen LogP contribution is -2.43. The number of amides is 1. The molecule has 3 rings (SSSR count). The Hall–Kier alpha value is -2.91. The smallest absolute Gasteiger partial charge is 0.293 e. The van der Waals surface area contributed by atoms with Gasteiger partial charge >= 0.3 is 0 Å². The molecule has 10 heteroatoms.